The number of hydrogen-bond donors (Lipinski definition) is 1. The van der Waals surface area contributed by atoms with Gasteiger partial charge in [0.25, 0.3) is 0 Å². The summed E-state index contributed by atoms with van der Waals surface area (Å²) < 4.78 is 6.59. The SMILES string of the molecule is O=[N+]([O-])c1cnn(C2OCCCC2O)c1. The zero-order valence-electron chi connectivity index (χ0n) is 7.94. The Labute approximate surface area is 85.4 Å². The van der Waals surface area contributed by atoms with Gasteiger partial charge in [0.2, 0.25) is 0 Å². The zero-order chi connectivity index (χ0) is 10.8. The first-order valence-electron chi connectivity index (χ1n) is 4.66. The van der Waals surface area contributed by atoms with Crippen LogP contribution < -0.4 is 0 Å². The summed E-state index contributed by atoms with van der Waals surface area (Å²) >= 11 is 0. The van der Waals surface area contributed by atoms with Crippen molar-refractivity contribution in [3.8, 4) is 0 Å². The van der Waals surface area contributed by atoms with E-state index in [1.165, 1.54) is 10.9 Å². The smallest absolute Gasteiger partial charge is 0.307 e. The van der Waals surface area contributed by atoms with Gasteiger partial charge < -0.3 is 9.84 Å². The molecule has 82 valence electrons. The second-order valence-corrected chi connectivity index (χ2v) is 3.41. The van der Waals surface area contributed by atoms with Crippen LogP contribution in [0.3, 0.4) is 0 Å². The molecule has 7 nitrogen and oxygen atoms in total. The summed E-state index contributed by atoms with van der Waals surface area (Å²) in [7, 11) is 0. The second kappa shape index (κ2) is 3.95. The van der Waals surface area contributed by atoms with Crippen molar-refractivity contribution in [3.05, 3.63) is 22.5 Å². The normalized spacial score (nSPS) is 26.5. The first-order valence-corrected chi connectivity index (χ1v) is 4.66. The van der Waals surface area contributed by atoms with E-state index in [0.717, 1.165) is 12.6 Å². The van der Waals surface area contributed by atoms with Crippen LogP contribution in [0.25, 0.3) is 0 Å². The lowest BCUT2D eigenvalue weighted by molar-refractivity contribution is -0.385. The summed E-state index contributed by atoms with van der Waals surface area (Å²) in [5, 5.41) is 23.8. The van der Waals surface area contributed by atoms with E-state index in [9.17, 15) is 15.2 Å². The van der Waals surface area contributed by atoms with Crippen molar-refractivity contribution in [2.75, 3.05) is 6.61 Å². The van der Waals surface area contributed by atoms with Crippen LogP contribution in [0.5, 0.6) is 0 Å². The minimum Gasteiger partial charge on any atom is -0.388 e. The van der Waals surface area contributed by atoms with E-state index >= 15 is 0 Å². The molecule has 2 unspecified atom stereocenters. The van der Waals surface area contributed by atoms with Gasteiger partial charge in [-0.15, -0.1) is 0 Å². The molecular weight excluding hydrogens is 202 g/mol. The molecule has 2 heterocycles. The Balaban J connectivity index is 2.17. The molecule has 0 aromatic carbocycles. The maximum atomic E-state index is 10.4. The van der Waals surface area contributed by atoms with E-state index in [2.05, 4.69) is 5.10 Å². The molecule has 1 N–H and O–H groups in total. The maximum Gasteiger partial charge on any atom is 0.307 e. The summed E-state index contributed by atoms with van der Waals surface area (Å²) in [6.45, 7) is 0.537. The highest BCUT2D eigenvalue weighted by molar-refractivity contribution is 5.20. The van der Waals surface area contributed by atoms with Gasteiger partial charge in [-0.1, -0.05) is 0 Å². The van der Waals surface area contributed by atoms with Crippen molar-refractivity contribution in [2.24, 2.45) is 0 Å². The number of hydrogen-bond acceptors (Lipinski definition) is 5. The van der Waals surface area contributed by atoms with E-state index in [-0.39, 0.29) is 5.69 Å². The molecule has 2 atom stereocenters. The van der Waals surface area contributed by atoms with Gasteiger partial charge in [-0.2, -0.15) is 5.10 Å². The van der Waals surface area contributed by atoms with Gasteiger partial charge in [-0.05, 0) is 12.8 Å². The van der Waals surface area contributed by atoms with Gasteiger partial charge in [0.05, 0.1) is 4.92 Å². The van der Waals surface area contributed by atoms with Gasteiger partial charge >= 0.3 is 5.69 Å². The van der Waals surface area contributed by atoms with E-state index in [1.807, 2.05) is 0 Å². The summed E-state index contributed by atoms with van der Waals surface area (Å²) in [5.74, 6) is 0. The van der Waals surface area contributed by atoms with E-state index < -0.39 is 17.3 Å². The van der Waals surface area contributed by atoms with Gasteiger partial charge in [0, 0.05) is 6.61 Å². The van der Waals surface area contributed by atoms with Gasteiger partial charge in [0.1, 0.15) is 18.5 Å². The number of rotatable bonds is 2. The Hall–Kier alpha value is -1.47. The molecule has 1 aromatic heterocycles. The summed E-state index contributed by atoms with van der Waals surface area (Å²) in [4.78, 5) is 9.90. The van der Waals surface area contributed by atoms with E-state index in [4.69, 9.17) is 4.74 Å². The third-order valence-corrected chi connectivity index (χ3v) is 2.32. The molecule has 15 heavy (non-hydrogen) atoms. The van der Waals surface area contributed by atoms with Crippen LogP contribution in [-0.2, 0) is 4.74 Å². The Morgan fingerprint density at radius 1 is 1.73 bits per heavy atom. The third-order valence-electron chi connectivity index (χ3n) is 2.32. The molecule has 0 spiro atoms. The second-order valence-electron chi connectivity index (χ2n) is 3.41. The molecule has 2 rings (SSSR count). The lowest BCUT2D eigenvalue weighted by Gasteiger charge is -2.27. The summed E-state index contributed by atoms with van der Waals surface area (Å²) in [5.41, 5.74) is -0.101. The summed E-state index contributed by atoms with van der Waals surface area (Å²) in [6.07, 6.45) is 2.56. The molecule has 1 aromatic rings. The standard InChI is InChI=1S/C8H11N3O4/c12-7-2-1-3-15-8(7)10-5-6(4-9-10)11(13)14/h4-5,7-8,12H,1-3H2. The first-order chi connectivity index (χ1) is 7.18. The fraction of sp³-hybridized carbons (Fsp3) is 0.625. The monoisotopic (exact) mass is 213 g/mol. The van der Waals surface area contributed by atoms with Crippen molar-refractivity contribution >= 4 is 5.69 Å². The average molecular weight is 213 g/mol. The molecule has 1 aliphatic heterocycles. The Morgan fingerprint density at radius 2 is 2.53 bits per heavy atom. The van der Waals surface area contributed by atoms with Crippen LogP contribution in [0.15, 0.2) is 12.4 Å². The fourth-order valence-electron chi connectivity index (χ4n) is 1.56. The van der Waals surface area contributed by atoms with Crippen LogP contribution in [0, 0.1) is 10.1 Å². The molecule has 0 radical (unpaired) electrons. The molecule has 1 fully saturated rings. The number of ether oxygens (including phenoxy) is 1. The molecule has 0 bridgehead atoms. The van der Waals surface area contributed by atoms with Crippen molar-refractivity contribution < 1.29 is 14.8 Å². The number of aliphatic hydroxyl groups excluding tert-OH is 1. The Kier molecular flexibility index (Phi) is 2.65. The minimum absolute atomic E-state index is 0.101. The van der Waals surface area contributed by atoms with Gasteiger partial charge in [-0.3, -0.25) is 10.1 Å². The Morgan fingerprint density at radius 3 is 3.13 bits per heavy atom. The summed E-state index contributed by atoms with van der Waals surface area (Å²) in [6, 6.07) is 0. The maximum absolute atomic E-state index is 10.4. The molecule has 7 heteroatoms. The van der Waals surface area contributed by atoms with Crippen LogP contribution in [-0.4, -0.2) is 32.5 Å². The van der Waals surface area contributed by atoms with E-state index in [1.54, 1.807) is 0 Å². The lowest BCUT2D eigenvalue weighted by atomic mass is 10.1. The largest absolute Gasteiger partial charge is 0.388 e. The predicted octanol–water partition coefficient (Wildman–Crippen LogP) is 0.461. The number of nitrogens with zero attached hydrogens (tertiary/aromatic N) is 3. The zero-order valence-corrected chi connectivity index (χ0v) is 7.94. The highest BCUT2D eigenvalue weighted by Crippen LogP contribution is 2.23. The minimum atomic E-state index is -0.654. The quantitative estimate of drug-likeness (QED) is 0.569. The number of aromatic nitrogens is 2. The Bertz CT molecular complexity index is 365. The van der Waals surface area contributed by atoms with Crippen LogP contribution in [0.4, 0.5) is 5.69 Å². The molecular formula is C8H11N3O4. The number of aliphatic hydroxyl groups is 1. The van der Waals surface area contributed by atoms with Crippen molar-refractivity contribution in [2.45, 2.75) is 25.2 Å². The van der Waals surface area contributed by atoms with Crippen molar-refractivity contribution in [3.63, 3.8) is 0 Å². The van der Waals surface area contributed by atoms with Crippen LogP contribution in [0.1, 0.15) is 19.1 Å². The van der Waals surface area contributed by atoms with Crippen molar-refractivity contribution in [1.82, 2.24) is 9.78 Å². The molecule has 0 aliphatic carbocycles. The third kappa shape index (κ3) is 1.97. The number of nitro groups is 1. The lowest BCUT2D eigenvalue weighted by Crippen LogP contribution is -2.31. The molecule has 0 saturated carbocycles. The predicted molar refractivity (Wildman–Crippen MR) is 49.1 cm³/mol. The van der Waals surface area contributed by atoms with Crippen molar-refractivity contribution in [1.29, 1.82) is 0 Å². The molecule has 0 amide bonds. The van der Waals surface area contributed by atoms with Crippen LogP contribution in [0.2, 0.25) is 0 Å². The fourth-order valence-corrected chi connectivity index (χ4v) is 1.56. The molecule has 1 aliphatic rings. The first kappa shape index (κ1) is 10.1. The van der Waals surface area contributed by atoms with E-state index in [0.29, 0.717) is 13.0 Å². The van der Waals surface area contributed by atoms with Gasteiger partial charge in [0.15, 0.2) is 6.23 Å². The highest BCUT2D eigenvalue weighted by atomic mass is 16.6. The topological polar surface area (TPSA) is 90.4 Å². The van der Waals surface area contributed by atoms with Gasteiger partial charge in [-0.25, -0.2) is 4.68 Å². The van der Waals surface area contributed by atoms with Crippen LogP contribution >= 0.6 is 0 Å². The average Bonchev–Trinajstić information content (AvgIpc) is 2.67. The molecule has 1 saturated heterocycles. The highest BCUT2D eigenvalue weighted by Gasteiger charge is 2.27.